The molecule has 1 atom stereocenters. The summed E-state index contributed by atoms with van der Waals surface area (Å²) in [6.07, 6.45) is 3.17. The molecule has 0 radical (unpaired) electrons. The van der Waals surface area contributed by atoms with Gasteiger partial charge in [0.25, 0.3) is 0 Å². The van der Waals surface area contributed by atoms with Crippen LogP contribution in [0, 0.1) is 34.4 Å². The van der Waals surface area contributed by atoms with Crippen molar-refractivity contribution >= 4 is 23.3 Å². The zero-order valence-electron chi connectivity index (χ0n) is 16.0. The van der Waals surface area contributed by atoms with Crippen molar-refractivity contribution in [3.8, 4) is 18.0 Å². The first-order chi connectivity index (χ1) is 14.4. The second-order valence-corrected chi connectivity index (χ2v) is 6.41. The van der Waals surface area contributed by atoms with Gasteiger partial charge in [-0.05, 0) is 12.5 Å². The number of hydrogen-bond donors (Lipinski definition) is 4. The molecule has 9 nitrogen and oxygen atoms in total. The van der Waals surface area contributed by atoms with E-state index in [-0.39, 0.29) is 52.3 Å². The SMILES string of the molecule is CCCCOc1c(F)cc(F)cc1C1N=C(NC#N)Nc2nc(N)c(C#N)c(N)c21. The third-order valence-corrected chi connectivity index (χ3v) is 4.43. The number of nitrogens with zero attached hydrogens (tertiary/aromatic N) is 4. The summed E-state index contributed by atoms with van der Waals surface area (Å²) in [5, 5.41) is 23.4. The van der Waals surface area contributed by atoms with Crippen LogP contribution in [0.3, 0.4) is 0 Å². The van der Waals surface area contributed by atoms with Gasteiger partial charge in [-0.2, -0.15) is 10.5 Å². The number of aromatic nitrogens is 1. The maximum Gasteiger partial charge on any atom is 0.211 e. The van der Waals surface area contributed by atoms with Crippen LogP contribution in [0.1, 0.15) is 42.5 Å². The zero-order chi connectivity index (χ0) is 21.8. The first-order valence-corrected chi connectivity index (χ1v) is 9.01. The fourth-order valence-corrected chi connectivity index (χ4v) is 3.06. The fraction of sp³-hybridized carbons (Fsp3) is 0.263. The number of pyridine rings is 1. The standard InChI is InChI=1S/C19H18F2N8O/c1-2-3-4-30-16-10(5-9(20)6-12(16)21)15-13-14(24)11(7-22)17(25)28-18(13)29-19(27-15)26-8-23/h5-6,15H,2-4H2,1H3,(H6,24,25,26,27,28,29). The van der Waals surface area contributed by atoms with Crippen molar-refractivity contribution in [1.29, 1.82) is 10.5 Å². The topological polar surface area (TPSA) is 158 Å². The molecule has 6 N–H and O–H groups in total. The smallest absolute Gasteiger partial charge is 0.211 e. The summed E-state index contributed by atoms with van der Waals surface area (Å²) in [5.41, 5.74) is 12.0. The van der Waals surface area contributed by atoms with Crippen molar-refractivity contribution in [2.45, 2.75) is 25.8 Å². The summed E-state index contributed by atoms with van der Waals surface area (Å²) in [6, 6.07) is 2.53. The molecule has 154 valence electrons. The van der Waals surface area contributed by atoms with Gasteiger partial charge in [0.1, 0.15) is 35.1 Å². The van der Waals surface area contributed by atoms with E-state index in [2.05, 4.69) is 20.6 Å². The lowest BCUT2D eigenvalue weighted by Crippen LogP contribution is -2.33. The van der Waals surface area contributed by atoms with Crippen molar-refractivity contribution in [3.63, 3.8) is 0 Å². The summed E-state index contributed by atoms with van der Waals surface area (Å²) >= 11 is 0. The van der Waals surface area contributed by atoms with Crippen LogP contribution in [-0.2, 0) is 0 Å². The molecule has 30 heavy (non-hydrogen) atoms. The van der Waals surface area contributed by atoms with Gasteiger partial charge in [-0.25, -0.2) is 18.8 Å². The Bertz CT molecular complexity index is 1100. The largest absolute Gasteiger partial charge is 0.490 e. The number of guanidine groups is 1. The predicted molar refractivity (Wildman–Crippen MR) is 106 cm³/mol. The van der Waals surface area contributed by atoms with Crippen LogP contribution < -0.4 is 26.8 Å². The lowest BCUT2D eigenvalue weighted by Gasteiger charge is -2.27. The van der Waals surface area contributed by atoms with Crippen molar-refractivity contribution in [1.82, 2.24) is 10.3 Å². The number of nitrogens with two attached hydrogens (primary N) is 2. The van der Waals surface area contributed by atoms with Gasteiger partial charge >= 0.3 is 0 Å². The number of nitrogens with one attached hydrogen (secondary N) is 2. The highest BCUT2D eigenvalue weighted by Crippen LogP contribution is 2.44. The van der Waals surface area contributed by atoms with Crippen molar-refractivity contribution in [3.05, 3.63) is 40.5 Å². The van der Waals surface area contributed by atoms with Crippen LogP contribution in [0.5, 0.6) is 5.75 Å². The Hall–Kier alpha value is -4.12. The van der Waals surface area contributed by atoms with Gasteiger partial charge in [-0.3, -0.25) is 5.32 Å². The van der Waals surface area contributed by atoms with E-state index in [1.165, 1.54) is 0 Å². The monoisotopic (exact) mass is 412 g/mol. The molecule has 0 amide bonds. The van der Waals surface area contributed by atoms with Crippen LogP contribution >= 0.6 is 0 Å². The average molecular weight is 412 g/mol. The van der Waals surface area contributed by atoms with E-state index in [1.807, 2.05) is 13.0 Å². The molecule has 1 aliphatic rings. The second-order valence-electron chi connectivity index (χ2n) is 6.41. The molecule has 2 aromatic rings. The van der Waals surface area contributed by atoms with E-state index in [1.54, 1.807) is 6.19 Å². The van der Waals surface area contributed by atoms with Crippen molar-refractivity contribution in [2.75, 3.05) is 23.4 Å². The van der Waals surface area contributed by atoms with E-state index in [0.29, 0.717) is 12.5 Å². The molecule has 0 saturated heterocycles. The molecular formula is C19H18F2N8O. The molecule has 0 spiro atoms. The summed E-state index contributed by atoms with van der Waals surface area (Å²) in [5.74, 6) is -2.02. The Morgan fingerprint density at radius 2 is 2.07 bits per heavy atom. The number of benzene rings is 1. The summed E-state index contributed by atoms with van der Waals surface area (Å²) in [4.78, 5) is 8.42. The van der Waals surface area contributed by atoms with Crippen LogP contribution in [0.25, 0.3) is 0 Å². The average Bonchev–Trinajstić information content (AvgIpc) is 2.69. The minimum atomic E-state index is -1.11. The van der Waals surface area contributed by atoms with Gasteiger partial charge in [0.15, 0.2) is 17.8 Å². The number of nitriles is 2. The Kier molecular flexibility index (Phi) is 5.83. The molecule has 0 bridgehead atoms. The van der Waals surface area contributed by atoms with Crippen LogP contribution in [-0.4, -0.2) is 17.6 Å². The Morgan fingerprint density at radius 1 is 1.30 bits per heavy atom. The third kappa shape index (κ3) is 3.73. The zero-order valence-corrected chi connectivity index (χ0v) is 16.0. The minimum absolute atomic E-state index is 0.0322. The highest BCUT2D eigenvalue weighted by atomic mass is 19.1. The van der Waals surface area contributed by atoms with E-state index >= 15 is 0 Å². The number of unbranched alkanes of at least 4 members (excludes halogenated alkanes) is 1. The normalized spacial score (nSPS) is 14.6. The summed E-state index contributed by atoms with van der Waals surface area (Å²) in [6.45, 7) is 2.15. The van der Waals surface area contributed by atoms with Gasteiger partial charge in [-0.1, -0.05) is 13.3 Å². The Balaban J connectivity index is 2.25. The number of hydrogen-bond acceptors (Lipinski definition) is 9. The van der Waals surface area contributed by atoms with E-state index in [4.69, 9.17) is 21.5 Å². The first kappa shape index (κ1) is 20.6. The Morgan fingerprint density at radius 3 is 2.73 bits per heavy atom. The highest BCUT2D eigenvalue weighted by molar-refractivity contribution is 5.98. The van der Waals surface area contributed by atoms with E-state index in [9.17, 15) is 14.0 Å². The van der Waals surface area contributed by atoms with Crippen molar-refractivity contribution < 1.29 is 13.5 Å². The second kappa shape index (κ2) is 8.49. The number of halogens is 2. The molecule has 1 aromatic heterocycles. The summed E-state index contributed by atoms with van der Waals surface area (Å²) in [7, 11) is 0. The fourth-order valence-electron chi connectivity index (χ4n) is 3.06. The summed E-state index contributed by atoms with van der Waals surface area (Å²) < 4.78 is 34.3. The quantitative estimate of drug-likeness (QED) is 0.331. The number of fused-ring (bicyclic) bond motifs is 1. The molecule has 1 aromatic carbocycles. The molecule has 3 rings (SSSR count). The number of anilines is 3. The highest BCUT2D eigenvalue weighted by Gasteiger charge is 2.32. The lowest BCUT2D eigenvalue weighted by molar-refractivity contribution is 0.289. The van der Waals surface area contributed by atoms with Gasteiger partial charge in [-0.15, -0.1) is 0 Å². The van der Waals surface area contributed by atoms with Crippen molar-refractivity contribution in [2.24, 2.45) is 4.99 Å². The molecule has 1 aliphatic heterocycles. The van der Waals surface area contributed by atoms with Crippen LogP contribution in [0.2, 0.25) is 0 Å². The number of aliphatic imine (C=N–C) groups is 1. The van der Waals surface area contributed by atoms with Gasteiger partial charge in [0.05, 0.1) is 12.3 Å². The lowest BCUT2D eigenvalue weighted by atomic mass is 9.94. The number of ether oxygens (including phenoxy) is 1. The molecule has 0 aliphatic carbocycles. The molecular weight excluding hydrogens is 394 g/mol. The maximum atomic E-state index is 14.6. The predicted octanol–water partition coefficient (Wildman–Crippen LogP) is 2.52. The molecule has 2 heterocycles. The van der Waals surface area contributed by atoms with Crippen LogP contribution in [0.4, 0.5) is 26.1 Å². The van der Waals surface area contributed by atoms with Crippen LogP contribution in [0.15, 0.2) is 17.1 Å². The minimum Gasteiger partial charge on any atom is -0.490 e. The first-order valence-electron chi connectivity index (χ1n) is 9.01. The maximum absolute atomic E-state index is 14.6. The van der Waals surface area contributed by atoms with Gasteiger partial charge < -0.3 is 21.5 Å². The van der Waals surface area contributed by atoms with E-state index < -0.39 is 17.7 Å². The number of nitrogen functional groups attached to an aromatic ring is 2. The number of rotatable bonds is 5. The molecule has 11 heteroatoms. The van der Waals surface area contributed by atoms with E-state index in [0.717, 1.165) is 12.5 Å². The molecule has 0 saturated carbocycles. The van der Waals surface area contributed by atoms with Gasteiger partial charge in [0, 0.05) is 17.2 Å². The molecule has 1 unspecified atom stereocenters. The third-order valence-electron chi connectivity index (χ3n) is 4.43. The molecule has 0 fully saturated rings. The van der Waals surface area contributed by atoms with Gasteiger partial charge in [0.2, 0.25) is 5.96 Å². The Labute approximate surface area is 171 Å².